The van der Waals surface area contributed by atoms with E-state index in [-0.39, 0.29) is 17.2 Å². The smallest absolute Gasteiger partial charge is 0.282 e. The average molecular weight is 447 g/mol. The maximum absolute atomic E-state index is 12.5. The molecule has 0 saturated heterocycles. The molecule has 0 spiro atoms. The van der Waals surface area contributed by atoms with Crippen molar-refractivity contribution in [2.24, 2.45) is 0 Å². The number of nitro groups is 1. The van der Waals surface area contributed by atoms with E-state index in [9.17, 15) is 19.7 Å². The summed E-state index contributed by atoms with van der Waals surface area (Å²) in [4.78, 5) is 34.1. The van der Waals surface area contributed by atoms with Gasteiger partial charge >= 0.3 is 0 Å². The Morgan fingerprint density at radius 1 is 1.14 bits per heavy atom. The molecule has 2 amide bonds. The number of nitrogens with one attached hydrogen (secondary N) is 2. The van der Waals surface area contributed by atoms with Gasteiger partial charge in [0.15, 0.2) is 0 Å². The number of halogens is 3. The molecule has 1 atom stereocenters. The largest absolute Gasteiger partial charge is 0.466 e. The van der Waals surface area contributed by atoms with E-state index in [0.29, 0.717) is 5.69 Å². The third-order valence-electron chi connectivity index (χ3n) is 3.31. The Kier molecular flexibility index (Phi) is 7.06. The van der Waals surface area contributed by atoms with Crippen LogP contribution in [0.4, 0.5) is 11.4 Å². The topological polar surface area (TPSA) is 111 Å². The number of para-hydroxylation sites is 1. The van der Waals surface area contributed by atoms with Crippen LogP contribution in [0.3, 0.4) is 0 Å². The van der Waals surface area contributed by atoms with Crippen LogP contribution in [0, 0.1) is 10.1 Å². The number of hydrogen-bond acceptors (Lipinski definition) is 5. The Labute approximate surface area is 174 Å². The van der Waals surface area contributed by atoms with Crippen molar-refractivity contribution in [1.82, 2.24) is 5.32 Å². The summed E-state index contributed by atoms with van der Waals surface area (Å²) in [6.07, 6.45) is -1.47. The molecular weight excluding hydrogens is 433 g/mol. The predicted octanol–water partition coefficient (Wildman–Crippen LogP) is 4.06. The standard InChI is InChI=1S/C17H14Cl3N3O5/c1-10(24)21-11-5-4-6-12(9-11)28-16(17(18,19)20)22-15(25)13-7-2-3-8-14(13)23(26)27/h2-9,16H,1H3,(H,21,24)(H,22,25)/t16-/m0/s1. The van der Waals surface area contributed by atoms with Crippen molar-refractivity contribution in [3.05, 3.63) is 64.2 Å². The summed E-state index contributed by atoms with van der Waals surface area (Å²) in [7, 11) is 0. The molecule has 148 valence electrons. The summed E-state index contributed by atoms with van der Waals surface area (Å²) in [5.74, 6) is -0.966. The number of ether oxygens (including phenoxy) is 1. The lowest BCUT2D eigenvalue weighted by molar-refractivity contribution is -0.385. The number of nitrogens with zero attached hydrogens (tertiary/aromatic N) is 1. The van der Waals surface area contributed by atoms with Gasteiger partial charge in [-0.15, -0.1) is 0 Å². The number of nitro benzene ring substituents is 1. The molecule has 2 aromatic rings. The summed E-state index contributed by atoms with van der Waals surface area (Å²) < 4.78 is 3.45. The van der Waals surface area contributed by atoms with Gasteiger partial charge in [0.25, 0.3) is 11.6 Å². The third kappa shape index (κ3) is 5.98. The minimum absolute atomic E-state index is 0.186. The zero-order valence-electron chi connectivity index (χ0n) is 14.3. The molecule has 8 nitrogen and oxygen atoms in total. The maximum atomic E-state index is 12.5. The second kappa shape index (κ2) is 9.09. The van der Waals surface area contributed by atoms with Gasteiger partial charge in [0.05, 0.1) is 4.92 Å². The Hall–Kier alpha value is -2.55. The lowest BCUT2D eigenvalue weighted by Gasteiger charge is -2.26. The van der Waals surface area contributed by atoms with E-state index in [2.05, 4.69) is 10.6 Å². The summed E-state index contributed by atoms with van der Waals surface area (Å²) in [5.41, 5.74) is -0.198. The van der Waals surface area contributed by atoms with Gasteiger partial charge in [-0.2, -0.15) is 0 Å². The third-order valence-corrected chi connectivity index (χ3v) is 3.91. The lowest BCUT2D eigenvalue weighted by atomic mass is 10.1. The molecule has 2 N–H and O–H groups in total. The fourth-order valence-corrected chi connectivity index (χ4v) is 2.48. The zero-order chi connectivity index (χ0) is 20.9. The highest BCUT2D eigenvalue weighted by Gasteiger charge is 2.37. The predicted molar refractivity (Wildman–Crippen MR) is 106 cm³/mol. The summed E-state index contributed by atoms with van der Waals surface area (Å²) in [6.45, 7) is 1.34. The molecule has 28 heavy (non-hydrogen) atoms. The molecule has 0 heterocycles. The molecular formula is C17H14Cl3N3O5. The van der Waals surface area contributed by atoms with Gasteiger partial charge in [-0.25, -0.2) is 0 Å². The number of carbonyl (C=O) groups excluding carboxylic acids is 2. The fraction of sp³-hybridized carbons (Fsp3) is 0.176. The van der Waals surface area contributed by atoms with Crippen LogP contribution in [-0.4, -0.2) is 26.8 Å². The molecule has 0 saturated carbocycles. The minimum atomic E-state index is -2.09. The van der Waals surface area contributed by atoms with Gasteiger partial charge in [-0.3, -0.25) is 19.7 Å². The van der Waals surface area contributed by atoms with Gasteiger partial charge in [0, 0.05) is 24.7 Å². The molecule has 0 aliphatic heterocycles. The van der Waals surface area contributed by atoms with E-state index in [4.69, 9.17) is 39.5 Å². The molecule has 0 bridgehead atoms. The summed E-state index contributed by atoms with van der Waals surface area (Å²) >= 11 is 17.7. The monoisotopic (exact) mass is 445 g/mol. The highest BCUT2D eigenvalue weighted by Crippen LogP contribution is 2.33. The second-order valence-corrected chi connectivity index (χ2v) is 7.87. The summed E-state index contributed by atoms with van der Waals surface area (Å²) in [6, 6.07) is 11.5. The van der Waals surface area contributed by atoms with E-state index in [1.165, 1.54) is 43.3 Å². The molecule has 0 aliphatic carbocycles. The Morgan fingerprint density at radius 3 is 2.43 bits per heavy atom. The number of anilines is 1. The lowest BCUT2D eigenvalue weighted by Crippen LogP contribution is -2.48. The molecule has 11 heteroatoms. The van der Waals surface area contributed by atoms with Gasteiger partial charge in [0.1, 0.15) is 11.3 Å². The molecule has 0 fully saturated rings. The molecule has 0 radical (unpaired) electrons. The van der Waals surface area contributed by atoms with Crippen LogP contribution in [0.5, 0.6) is 5.75 Å². The Morgan fingerprint density at radius 2 is 1.82 bits per heavy atom. The average Bonchev–Trinajstić information content (AvgIpc) is 2.60. The van der Waals surface area contributed by atoms with E-state index >= 15 is 0 Å². The van der Waals surface area contributed by atoms with Crippen molar-refractivity contribution >= 4 is 58.0 Å². The Balaban J connectivity index is 2.25. The van der Waals surface area contributed by atoms with Crippen LogP contribution in [-0.2, 0) is 4.79 Å². The van der Waals surface area contributed by atoms with E-state index in [1.54, 1.807) is 12.1 Å². The second-order valence-electron chi connectivity index (χ2n) is 5.50. The van der Waals surface area contributed by atoms with E-state index < -0.39 is 26.5 Å². The molecule has 0 unspecified atom stereocenters. The van der Waals surface area contributed by atoms with Gasteiger partial charge < -0.3 is 15.4 Å². The van der Waals surface area contributed by atoms with E-state index in [1.807, 2.05) is 0 Å². The van der Waals surface area contributed by atoms with Crippen molar-refractivity contribution in [3.8, 4) is 5.75 Å². The minimum Gasteiger partial charge on any atom is -0.466 e. The normalized spacial score (nSPS) is 12.0. The van der Waals surface area contributed by atoms with Crippen LogP contribution in [0.15, 0.2) is 48.5 Å². The zero-order valence-corrected chi connectivity index (χ0v) is 16.6. The van der Waals surface area contributed by atoms with E-state index in [0.717, 1.165) is 0 Å². The first-order valence-electron chi connectivity index (χ1n) is 7.73. The number of alkyl halides is 3. The van der Waals surface area contributed by atoms with Gasteiger partial charge in [0.2, 0.25) is 15.9 Å². The van der Waals surface area contributed by atoms with Crippen molar-refractivity contribution in [2.75, 3.05) is 5.32 Å². The highest BCUT2D eigenvalue weighted by atomic mass is 35.6. The maximum Gasteiger partial charge on any atom is 0.282 e. The van der Waals surface area contributed by atoms with Crippen molar-refractivity contribution in [1.29, 1.82) is 0 Å². The first-order chi connectivity index (χ1) is 13.1. The number of rotatable bonds is 6. The summed E-state index contributed by atoms with van der Waals surface area (Å²) in [5, 5.41) is 16.0. The molecule has 0 aromatic heterocycles. The highest BCUT2D eigenvalue weighted by molar-refractivity contribution is 6.68. The van der Waals surface area contributed by atoms with Crippen molar-refractivity contribution in [2.45, 2.75) is 16.9 Å². The van der Waals surface area contributed by atoms with Crippen molar-refractivity contribution in [3.63, 3.8) is 0 Å². The molecule has 2 rings (SSSR count). The first kappa shape index (κ1) is 21.7. The van der Waals surface area contributed by atoms with Gasteiger partial charge in [-0.1, -0.05) is 53.0 Å². The van der Waals surface area contributed by atoms with Crippen LogP contribution in [0.1, 0.15) is 17.3 Å². The van der Waals surface area contributed by atoms with Crippen LogP contribution in [0.25, 0.3) is 0 Å². The number of benzene rings is 2. The van der Waals surface area contributed by atoms with Gasteiger partial charge in [-0.05, 0) is 18.2 Å². The number of carbonyl (C=O) groups is 2. The molecule has 0 aliphatic rings. The fourth-order valence-electron chi connectivity index (χ4n) is 2.19. The Bertz CT molecular complexity index is 902. The SMILES string of the molecule is CC(=O)Nc1cccc(O[C@H](NC(=O)c2ccccc2[N+](=O)[O-])C(Cl)(Cl)Cl)c1. The van der Waals surface area contributed by atoms with Crippen molar-refractivity contribution < 1.29 is 19.2 Å². The van der Waals surface area contributed by atoms with Crippen LogP contribution in [0.2, 0.25) is 0 Å². The molecule has 2 aromatic carbocycles. The quantitative estimate of drug-likeness (QED) is 0.301. The van der Waals surface area contributed by atoms with Crippen LogP contribution >= 0.6 is 34.8 Å². The number of hydrogen-bond donors (Lipinski definition) is 2. The number of amides is 2. The first-order valence-corrected chi connectivity index (χ1v) is 8.86. The van der Waals surface area contributed by atoms with Crippen LogP contribution < -0.4 is 15.4 Å².